The summed E-state index contributed by atoms with van der Waals surface area (Å²) in [7, 11) is 1.57. The smallest absolute Gasteiger partial charge is 0.186 e. The van der Waals surface area contributed by atoms with Crippen LogP contribution in [0.25, 0.3) is 0 Å². The second-order valence-corrected chi connectivity index (χ2v) is 5.98. The molecule has 0 aromatic heterocycles. The third-order valence-electron chi connectivity index (χ3n) is 4.25. The van der Waals surface area contributed by atoms with E-state index >= 15 is 0 Å². The van der Waals surface area contributed by atoms with Crippen LogP contribution < -0.4 is 0 Å². The summed E-state index contributed by atoms with van der Waals surface area (Å²) in [5.74, 6) is 0. The number of hydrogen-bond donors (Lipinski definition) is 1. The minimum Gasteiger partial charge on any atom is -0.394 e. The molecule has 0 saturated carbocycles. The molecule has 3 rings (SSSR count). The van der Waals surface area contributed by atoms with Crippen molar-refractivity contribution in [3.8, 4) is 0 Å². The highest BCUT2D eigenvalue weighted by Crippen LogP contribution is 2.28. The van der Waals surface area contributed by atoms with E-state index in [0.717, 1.165) is 11.1 Å². The zero-order valence-corrected chi connectivity index (χ0v) is 14.3. The van der Waals surface area contributed by atoms with Crippen LogP contribution in [0.2, 0.25) is 0 Å². The summed E-state index contributed by atoms with van der Waals surface area (Å²) in [5, 5.41) is 9.63. The van der Waals surface area contributed by atoms with E-state index in [4.69, 9.17) is 18.9 Å². The van der Waals surface area contributed by atoms with E-state index in [9.17, 15) is 5.11 Å². The number of methoxy groups -OCH3 is 1. The lowest BCUT2D eigenvalue weighted by Crippen LogP contribution is -2.39. The topological polar surface area (TPSA) is 57.2 Å². The molecule has 2 aromatic rings. The SMILES string of the molecule is COC1O[C@H](CO)[C@H](OCc2ccccc2)[C@H]1OCc1ccccc1. The number of ether oxygens (including phenoxy) is 4. The predicted octanol–water partition coefficient (Wildman–Crippen LogP) is 2.52. The largest absolute Gasteiger partial charge is 0.394 e. The Kier molecular flexibility index (Phi) is 6.55. The van der Waals surface area contributed by atoms with Crippen molar-refractivity contribution in [1.82, 2.24) is 0 Å². The van der Waals surface area contributed by atoms with Crippen LogP contribution in [0.15, 0.2) is 60.7 Å². The molecule has 1 saturated heterocycles. The zero-order chi connectivity index (χ0) is 17.5. The summed E-state index contributed by atoms with van der Waals surface area (Å²) in [5.41, 5.74) is 2.12. The molecule has 25 heavy (non-hydrogen) atoms. The maximum absolute atomic E-state index is 9.63. The van der Waals surface area contributed by atoms with Crippen molar-refractivity contribution in [3.05, 3.63) is 71.8 Å². The standard InChI is InChI=1S/C20H24O5/c1-22-20-19(24-14-16-10-6-3-7-11-16)18(17(12-21)25-20)23-13-15-8-4-2-5-9-15/h2-11,17-21H,12-14H2,1H3/t17-,18+,19-,20?/m1/s1. The van der Waals surface area contributed by atoms with Gasteiger partial charge < -0.3 is 24.1 Å². The molecule has 1 N–H and O–H groups in total. The Morgan fingerprint density at radius 3 is 1.84 bits per heavy atom. The van der Waals surface area contributed by atoms with Crippen molar-refractivity contribution in [1.29, 1.82) is 0 Å². The van der Waals surface area contributed by atoms with Crippen LogP contribution in [0.4, 0.5) is 0 Å². The second-order valence-electron chi connectivity index (χ2n) is 5.98. The molecular formula is C20H24O5. The Hall–Kier alpha value is -1.76. The Bertz CT molecular complexity index is 563. The average Bonchev–Trinajstić information content (AvgIpc) is 3.03. The van der Waals surface area contributed by atoms with Crippen LogP contribution in [0.1, 0.15) is 11.1 Å². The van der Waals surface area contributed by atoms with Gasteiger partial charge in [0.1, 0.15) is 18.3 Å². The van der Waals surface area contributed by atoms with Crippen molar-refractivity contribution in [3.63, 3.8) is 0 Å². The predicted molar refractivity (Wildman–Crippen MR) is 92.8 cm³/mol. The molecule has 1 fully saturated rings. The summed E-state index contributed by atoms with van der Waals surface area (Å²) in [4.78, 5) is 0. The van der Waals surface area contributed by atoms with Crippen LogP contribution >= 0.6 is 0 Å². The lowest BCUT2D eigenvalue weighted by Gasteiger charge is -2.24. The van der Waals surface area contributed by atoms with Crippen molar-refractivity contribution < 1.29 is 24.1 Å². The van der Waals surface area contributed by atoms with Gasteiger partial charge >= 0.3 is 0 Å². The van der Waals surface area contributed by atoms with E-state index in [1.165, 1.54) is 0 Å². The Morgan fingerprint density at radius 2 is 1.36 bits per heavy atom. The van der Waals surface area contributed by atoms with Gasteiger partial charge in [-0.25, -0.2) is 0 Å². The lowest BCUT2D eigenvalue weighted by molar-refractivity contribution is -0.169. The fourth-order valence-electron chi connectivity index (χ4n) is 2.94. The summed E-state index contributed by atoms with van der Waals surface area (Å²) in [6.45, 7) is 0.704. The summed E-state index contributed by atoms with van der Waals surface area (Å²) in [6, 6.07) is 19.8. The Balaban J connectivity index is 1.66. The number of rotatable bonds is 8. The minimum atomic E-state index is -0.568. The molecule has 1 unspecified atom stereocenters. The van der Waals surface area contributed by atoms with Crippen LogP contribution in [-0.4, -0.2) is 43.4 Å². The first-order chi connectivity index (χ1) is 12.3. The van der Waals surface area contributed by atoms with Gasteiger partial charge in [-0.1, -0.05) is 60.7 Å². The van der Waals surface area contributed by atoms with Crippen molar-refractivity contribution in [2.45, 2.75) is 37.8 Å². The summed E-state index contributed by atoms with van der Waals surface area (Å²) < 4.78 is 23.2. The fraction of sp³-hybridized carbons (Fsp3) is 0.400. The van der Waals surface area contributed by atoms with E-state index in [2.05, 4.69) is 0 Å². The van der Waals surface area contributed by atoms with Gasteiger partial charge in [0.05, 0.1) is 19.8 Å². The van der Waals surface area contributed by atoms with Gasteiger partial charge in [-0.2, -0.15) is 0 Å². The molecule has 5 nitrogen and oxygen atoms in total. The molecule has 2 aromatic carbocycles. The Labute approximate surface area is 148 Å². The first kappa shape index (κ1) is 18.0. The molecule has 4 atom stereocenters. The highest BCUT2D eigenvalue weighted by atomic mass is 16.7. The van der Waals surface area contributed by atoms with Crippen molar-refractivity contribution >= 4 is 0 Å². The van der Waals surface area contributed by atoms with E-state index in [0.29, 0.717) is 13.2 Å². The van der Waals surface area contributed by atoms with Crippen molar-refractivity contribution in [2.75, 3.05) is 13.7 Å². The summed E-state index contributed by atoms with van der Waals surface area (Å²) in [6.07, 6.45) is -1.86. The highest BCUT2D eigenvalue weighted by Gasteiger charge is 2.46. The maximum atomic E-state index is 9.63. The van der Waals surface area contributed by atoms with Gasteiger partial charge in [0, 0.05) is 7.11 Å². The van der Waals surface area contributed by atoms with E-state index in [-0.39, 0.29) is 6.61 Å². The molecule has 0 spiro atoms. The van der Waals surface area contributed by atoms with Crippen LogP contribution in [0.5, 0.6) is 0 Å². The minimum absolute atomic E-state index is 0.148. The first-order valence-electron chi connectivity index (χ1n) is 8.42. The van der Waals surface area contributed by atoms with Crippen LogP contribution in [-0.2, 0) is 32.2 Å². The first-order valence-corrected chi connectivity index (χ1v) is 8.42. The molecular weight excluding hydrogens is 320 g/mol. The molecule has 0 radical (unpaired) electrons. The van der Waals surface area contributed by atoms with E-state index in [1.807, 2.05) is 60.7 Å². The molecule has 1 heterocycles. The zero-order valence-electron chi connectivity index (χ0n) is 14.3. The third-order valence-corrected chi connectivity index (χ3v) is 4.25. The molecule has 0 bridgehead atoms. The molecule has 0 aliphatic carbocycles. The molecule has 1 aliphatic heterocycles. The second kappa shape index (κ2) is 9.08. The maximum Gasteiger partial charge on any atom is 0.186 e. The van der Waals surface area contributed by atoms with Gasteiger partial charge in [0.2, 0.25) is 0 Å². The monoisotopic (exact) mass is 344 g/mol. The summed E-state index contributed by atoms with van der Waals surface area (Å²) >= 11 is 0. The van der Waals surface area contributed by atoms with Gasteiger partial charge in [-0.05, 0) is 11.1 Å². The van der Waals surface area contributed by atoms with Crippen molar-refractivity contribution in [2.24, 2.45) is 0 Å². The quantitative estimate of drug-likeness (QED) is 0.797. The van der Waals surface area contributed by atoms with Gasteiger partial charge in [-0.3, -0.25) is 0 Å². The van der Waals surface area contributed by atoms with Gasteiger partial charge in [0.25, 0.3) is 0 Å². The average molecular weight is 344 g/mol. The fourth-order valence-corrected chi connectivity index (χ4v) is 2.94. The van der Waals surface area contributed by atoms with Crippen LogP contribution in [0, 0.1) is 0 Å². The molecule has 0 amide bonds. The van der Waals surface area contributed by atoms with Gasteiger partial charge in [0.15, 0.2) is 6.29 Å². The lowest BCUT2D eigenvalue weighted by atomic mass is 10.1. The molecule has 1 aliphatic rings. The van der Waals surface area contributed by atoms with E-state index in [1.54, 1.807) is 7.11 Å². The van der Waals surface area contributed by atoms with Crippen LogP contribution in [0.3, 0.4) is 0 Å². The number of aliphatic hydroxyl groups is 1. The number of hydrogen-bond acceptors (Lipinski definition) is 5. The Morgan fingerprint density at radius 1 is 0.840 bits per heavy atom. The van der Waals surface area contributed by atoms with Gasteiger partial charge in [-0.15, -0.1) is 0 Å². The normalized spacial score (nSPS) is 26.0. The molecule has 5 heteroatoms. The highest BCUT2D eigenvalue weighted by molar-refractivity contribution is 5.14. The van der Waals surface area contributed by atoms with E-state index < -0.39 is 24.6 Å². The number of benzene rings is 2. The third kappa shape index (κ3) is 4.66. The molecule has 134 valence electrons. The number of aliphatic hydroxyl groups excluding tert-OH is 1.